The molecule has 1 aliphatic heterocycles. The Kier molecular flexibility index (Phi) is 3.01. The van der Waals surface area contributed by atoms with E-state index in [2.05, 4.69) is 15.3 Å². The van der Waals surface area contributed by atoms with E-state index in [0.29, 0.717) is 17.2 Å². The molecule has 5 rings (SSSR count). The maximum atomic E-state index is 13.3. The summed E-state index contributed by atoms with van der Waals surface area (Å²) < 4.78 is 2.94. The van der Waals surface area contributed by atoms with Crippen LogP contribution < -0.4 is 10.9 Å². The summed E-state index contributed by atoms with van der Waals surface area (Å²) in [4.78, 5) is 33.9. The number of pyridine rings is 1. The van der Waals surface area contributed by atoms with Crippen LogP contribution >= 0.6 is 11.8 Å². The van der Waals surface area contributed by atoms with Crippen molar-refractivity contribution >= 4 is 29.2 Å². The molecule has 0 radical (unpaired) electrons. The lowest BCUT2D eigenvalue weighted by Crippen LogP contribution is -2.50. The van der Waals surface area contributed by atoms with Crippen LogP contribution in [0, 0.1) is 11.8 Å². The first-order valence-electron chi connectivity index (χ1n) is 8.44. The molecule has 0 unspecified atom stereocenters. The maximum Gasteiger partial charge on any atom is 0.287 e. The van der Waals surface area contributed by atoms with Crippen molar-refractivity contribution in [3.05, 3.63) is 46.8 Å². The van der Waals surface area contributed by atoms with E-state index >= 15 is 0 Å². The van der Waals surface area contributed by atoms with Gasteiger partial charge in [0.15, 0.2) is 0 Å². The summed E-state index contributed by atoms with van der Waals surface area (Å²) in [6.07, 6.45) is 7.00. The largest absolute Gasteiger partial charge is 0.336 e. The molecule has 25 heavy (non-hydrogen) atoms. The average molecular weight is 358 g/mol. The molecule has 2 fully saturated rings. The second-order valence-electron chi connectivity index (χ2n) is 6.91. The number of anilines is 2. The molecule has 2 aromatic heterocycles. The number of fused-ring (bicyclic) bond motifs is 1. The first-order chi connectivity index (χ1) is 12.1. The van der Waals surface area contributed by atoms with Crippen LogP contribution in [0.2, 0.25) is 0 Å². The van der Waals surface area contributed by atoms with Crippen LogP contribution in [0.1, 0.15) is 36.2 Å². The summed E-state index contributed by atoms with van der Waals surface area (Å²) in [5, 5.41) is 3.03. The predicted molar refractivity (Wildman–Crippen MR) is 91.5 cm³/mol. The topological polar surface area (TPSA) is 80.1 Å². The molecule has 2 aromatic rings. The van der Waals surface area contributed by atoms with Gasteiger partial charge in [0.1, 0.15) is 29.2 Å². The van der Waals surface area contributed by atoms with Crippen molar-refractivity contribution in [2.45, 2.75) is 31.3 Å². The number of amides is 1. The van der Waals surface area contributed by atoms with Gasteiger partial charge < -0.3 is 5.32 Å². The molecule has 2 aliphatic carbocycles. The van der Waals surface area contributed by atoms with Crippen LogP contribution in [-0.2, 0) is 5.66 Å². The summed E-state index contributed by atoms with van der Waals surface area (Å²) in [5.74, 6) is 0.703. The summed E-state index contributed by atoms with van der Waals surface area (Å²) in [6, 6.07) is 4.98. The number of hydrogen-bond acceptors (Lipinski definition) is 5. The lowest BCUT2D eigenvalue weighted by Gasteiger charge is -2.36. The molecule has 0 saturated heterocycles. The fraction of sp³-hybridized carbons (Fsp3) is 0.412. The molecule has 1 N–H and O–H groups in total. The third-order valence-electron chi connectivity index (χ3n) is 5.93. The van der Waals surface area contributed by atoms with Gasteiger partial charge >= 0.3 is 0 Å². The third-order valence-corrected chi connectivity index (χ3v) is 6.35. The van der Waals surface area contributed by atoms with Gasteiger partial charge in [0.25, 0.3) is 11.5 Å². The van der Waals surface area contributed by atoms with Crippen molar-refractivity contribution in [3.8, 4) is 0 Å². The van der Waals surface area contributed by atoms with Gasteiger partial charge in [-0.1, -0.05) is 0 Å². The van der Waals surface area contributed by atoms with E-state index in [0.717, 1.165) is 25.7 Å². The van der Waals surface area contributed by atoms with Crippen molar-refractivity contribution in [1.82, 2.24) is 19.0 Å². The zero-order valence-corrected chi connectivity index (χ0v) is 14.1. The van der Waals surface area contributed by atoms with E-state index in [1.807, 2.05) is 0 Å². The van der Waals surface area contributed by atoms with Crippen molar-refractivity contribution in [1.29, 1.82) is 0 Å². The minimum Gasteiger partial charge on any atom is -0.336 e. The third kappa shape index (κ3) is 1.76. The molecule has 3 heterocycles. The molecule has 2 saturated carbocycles. The number of aromatic nitrogens is 3. The number of nitrogens with one attached hydrogen (secondary N) is 1. The Hall–Kier alpha value is -2.41. The molecular formula is C17H16ClN5O2. The molecule has 7 nitrogen and oxygen atoms in total. The van der Waals surface area contributed by atoms with E-state index < -0.39 is 5.66 Å². The maximum absolute atomic E-state index is 13.3. The number of carbonyl (C=O) groups is 1. The first kappa shape index (κ1) is 14.9. The molecule has 3 aliphatic rings. The molecule has 8 heteroatoms. The van der Waals surface area contributed by atoms with Crippen molar-refractivity contribution in [3.63, 3.8) is 0 Å². The van der Waals surface area contributed by atoms with Crippen LogP contribution in [0.5, 0.6) is 0 Å². The molecule has 2 bridgehead atoms. The first-order valence-corrected chi connectivity index (χ1v) is 8.77. The summed E-state index contributed by atoms with van der Waals surface area (Å²) in [5.41, 5.74) is -0.194. The van der Waals surface area contributed by atoms with E-state index in [-0.39, 0.29) is 23.3 Å². The Balaban J connectivity index is 1.69. The number of nitrogens with zero attached hydrogens (tertiary/aromatic N) is 4. The lowest BCUT2D eigenvalue weighted by molar-refractivity contribution is 0.0518. The van der Waals surface area contributed by atoms with Gasteiger partial charge in [-0.15, -0.1) is 0 Å². The fourth-order valence-electron chi connectivity index (χ4n) is 4.97. The molecule has 0 atom stereocenters. The number of rotatable bonds is 2. The van der Waals surface area contributed by atoms with Crippen LogP contribution in [0.25, 0.3) is 0 Å². The standard InChI is InChI=1S/C17H16ClN5O2/c18-23-16(25)13-6-5-12(21-14-7-8-19-9-20-14)15(24)22(13)17(23)10-1-2-11(17)4-3-10/h5-11H,1-4H2,(H,19,20,21). The van der Waals surface area contributed by atoms with Crippen molar-refractivity contribution in [2.24, 2.45) is 11.8 Å². The smallest absolute Gasteiger partial charge is 0.287 e. The normalized spacial score (nSPS) is 29.5. The van der Waals surface area contributed by atoms with E-state index in [9.17, 15) is 9.59 Å². The zero-order valence-electron chi connectivity index (χ0n) is 13.4. The monoisotopic (exact) mass is 357 g/mol. The van der Waals surface area contributed by atoms with Crippen LogP contribution in [-0.4, -0.2) is 24.9 Å². The fourth-order valence-corrected chi connectivity index (χ4v) is 5.41. The second-order valence-corrected chi connectivity index (χ2v) is 7.25. The Morgan fingerprint density at radius 1 is 1.12 bits per heavy atom. The minimum absolute atomic E-state index is 0.229. The Morgan fingerprint density at radius 3 is 2.48 bits per heavy atom. The van der Waals surface area contributed by atoms with Gasteiger partial charge in [-0.3, -0.25) is 14.2 Å². The number of carbonyl (C=O) groups excluding carboxylic acids is 1. The van der Waals surface area contributed by atoms with E-state index in [4.69, 9.17) is 11.8 Å². The Morgan fingerprint density at radius 2 is 1.84 bits per heavy atom. The minimum atomic E-state index is -0.714. The van der Waals surface area contributed by atoms with Crippen molar-refractivity contribution in [2.75, 3.05) is 5.32 Å². The second kappa shape index (κ2) is 5.05. The molecule has 1 amide bonds. The van der Waals surface area contributed by atoms with Crippen LogP contribution in [0.3, 0.4) is 0 Å². The highest BCUT2D eigenvalue weighted by Crippen LogP contribution is 2.60. The molecule has 1 spiro atoms. The summed E-state index contributed by atoms with van der Waals surface area (Å²) in [7, 11) is 0. The van der Waals surface area contributed by atoms with Gasteiger partial charge in [-0.05, 0) is 43.9 Å². The lowest BCUT2D eigenvalue weighted by atomic mass is 9.98. The van der Waals surface area contributed by atoms with Gasteiger partial charge in [0.05, 0.1) is 0 Å². The van der Waals surface area contributed by atoms with Gasteiger partial charge in [-0.25, -0.2) is 14.4 Å². The Bertz CT molecular complexity index is 908. The average Bonchev–Trinajstić information content (AvgIpc) is 3.25. The van der Waals surface area contributed by atoms with Gasteiger partial charge in [0, 0.05) is 29.8 Å². The van der Waals surface area contributed by atoms with Gasteiger partial charge in [-0.2, -0.15) is 0 Å². The zero-order chi connectivity index (χ0) is 17.2. The summed E-state index contributed by atoms with van der Waals surface area (Å²) in [6.45, 7) is 0. The molecule has 0 aromatic carbocycles. The quantitative estimate of drug-likeness (QED) is 0.835. The number of halogens is 1. The van der Waals surface area contributed by atoms with E-state index in [1.54, 1.807) is 29.0 Å². The highest BCUT2D eigenvalue weighted by molar-refractivity contribution is 6.25. The van der Waals surface area contributed by atoms with Crippen LogP contribution in [0.4, 0.5) is 11.5 Å². The van der Waals surface area contributed by atoms with E-state index in [1.165, 1.54) is 10.7 Å². The molecule has 128 valence electrons. The van der Waals surface area contributed by atoms with Crippen LogP contribution in [0.15, 0.2) is 35.5 Å². The highest BCUT2D eigenvalue weighted by Gasteiger charge is 2.65. The van der Waals surface area contributed by atoms with Crippen molar-refractivity contribution < 1.29 is 4.79 Å². The Labute approximate surface area is 148 Å². The molecular weight excluding hydrogens is 342 g/mol. The number of hydrogen-bond donors (Lipinski definition) is 1. The highest BCUT2D eigenvalue weighted by atomic mass is 35.5. The predicted octanol–water partition coefficient (Wildman–Crippen LogP) is 2.46. The van der Waals surface area contributed by atoms with Gasteiger partial charge in [0.2, 0.25) is 0 Å². The summed E-state index contributed by atoms with van der Waals surface area (Å²) >= 11 is 6.49. The SMILES string of the molecule is O=C1c2ccc(Nc3ccncn3)c(=O)n2C2(C3CCC2CC3)N1Cl.